The monoisotopic (exact) mass is 269 g/mol. The van der Waals surface area contributed by atoms with Crippen LogP contribution < -0.4 is 10.2 Å². The third-order valence-electron chi connectivity index (χ3n) is 2.34. The quantitative estimate of drug-likeness (QED) is 0.903. The van der Waals surface area contributed by atoms with Gasteiger partial charge in [-0.25, -0.2) is 4.98 Å². The highest BCUT2D eigenvalue weighted by atomic mass is 32.1. The lowest BCUT2D eigenvalue weighted by molar-refractivity contribution is 0.102. The van der Waals surface area contributed by atoms with Crippen LogP contribution in [0.2, 0.25) is 0 Å². The van der Waals surface area contributed by atoms with Gasteiger partial charge in [-0.2, -0.15) is 0 Å². The van der Waals surface area contributed by atoms with Crippen LogP contribution in [0.25, 0.3) is 0 Å². The smallest absolute Gasteiger partial charge is 0.306 e. The average Bonchev–Trinajstić information content (AvgIpc) is 2.78. The zero-order valence-corrected chi connectivity index (χ0v) is 11.2. The van der Waals surface area contributed by atoms with Crippen LogP contribution in [0.1, 0.15) is 21.1 Å². The Hall–Kier alpha value is -1.47. The zero-order valence-electron chi connectivity index (χ0n) is 9.60. The normalized spacial score (nSPS) is 10.5. The summed E-state index contributed by atoms with van der Waals surface area (Å²) >= 11 is 2.31. The van der Waals surface area contributed by atoms with Crippen molar-refractivity contribution in [2.24, 2.45) is 7.05 Å². The number of anilines is 1. The number of amides is 1. The molecule has 1 amide bonds. The standard InChI is InChI=1S/C10H11N3O2S2/c1-5-4-16-9(11-5)12-8(14)7-6(2)13(3)10(15)17-7/h4H,1-3H3,(H,11,12,14). The number of rotatable bonds is 2. The Balaban J connectivity index is 2.26. The molecule has 0 aliphatic heterocycles. The Morgan fingerprint density at radius 2 is 2.18 bits per heavy atom. The van der Waals surface area contributed by atoms with E-state index in [4.69, 9.17) is 0 Å². The number of hydrogen-bond donors (Lipinski definition) is 1. The van der Waals surface area contributed by atoms with E-state index in [0.29, 0.717) is 15.7 Å². The Morgan fingerprint density at radius 1 is 1.47 bits per heavy atom. The molecule has 0 radical (unpaired) electrons. The lowest BCUT2D eigenvalue weighted by atomic mass is 10.4. The van der Waals surface area contributed by atoms with Gasteiger partial charge >= 0.3 is 4.87 Å². The first-order chi connectivity index (χ1) is 7.99. The number of thiazole rings is 2. The van der Waals surface area contributed by atoms with Crippen LogP contribution in [0, 0.1) is 13.8 Å². The molecule has 0 saturated heterocycles. The molecule has 0 atom stereocenters. The van der Waals surface area contributed by atoms with Gasteiger partial charge in [-0.05, 0) is 13.8 Å². The van der Waals surface area contributed by atoms with E-state index in [1.54, 1.807) is 14.0 Å². The molecule has 2 aromatic rings. The summed E-state index contributed by atoms with van der Waals surface area (Å²) in [6.45, 7) is 3.61. The summed E-state index contributed by atoms with van der Waals surface area (Å²) in [6.07, 6.45) is 0. The van der Waals surface area contributed by atoms with Crippen molar-refractivity contribution in [1.29, 1.82) is 0 Å². The fourth-order valence-electron chi connectivity index (χ4n) is 1.29. The molecule has 0 spiro atoms. The van der Waals surface area contributed by atoms with Crippen molar-refractivity contribution in [3.8, 4) is 0 Å². The molecule has 0 fully saturated rings. The van der Waals surface area contributed by atoms with Gasteiger partial charge in [-0.1, -0.05) is 11.3 Å². The number of hydrogen-bond acceptors (Lipinski definition) is 5. The summed E-state index contributed by atoms with van der Waals surface area (Å²) in [7, 11) is 1.65. The summed E-state index contributed by atoms with van der Waals surface area (Å²) in [5.74, 6) is -0.278. The van der Waals surface area contributed by atoms with Crippen LogP contribution in [0.15, 0.2) is 10.2 Å². The second-order valence-electron chi connectivity index (χ2n) is 3.59. The van der Waals surface area contributed by atoms with E-state index in [9.17, 15) is 9.59 Å². The summed E-state index contributed by atoms with van der Waals surface area (Å²) in [4.78, 5) is 27.8. The fraction of sp³-hybridized carbons (Fsp3) is 0.300. The number of nitrogens with zero attached hydrogens (tertiary/aromatic N) is 2. The second-order valence-corrected chi connectivity index (χ2v) is 5.41. The molecule has 2 aromatic heterocycles. The summed E-state index contributed by atoms with van der Waals surface area (Å²) in [6, 6.07) is 0. The Bertz CT molecular complexity index is 624. The van der Waals surface area contributed by atoms with E-state index in [-0.39, 0.29) is 10.8 Å². The summed E-state index contributed by atoms with van der Waals surface area (Å²) in [5.41, 5.74) is 1.54. The Morgan fingerprint density at radius 3 is 2.65 bits per heavy atom. The van der Waals surface area contributed by atoms with Gasteiger partial charge in [0.05, 0.1) is 5.69 Å². The molecular weight excluding hydrogens is 258 g/mol. The van der Waals surface area contributed by atoms with Crippen molar-refractivity contribution in [3.05, 3.63) is 31.3 Å². The van der Waals surface area contributed by atoms with E-state index in [1.807, 2.05) is 12.3 Å². The number of aryl methyl sites for hydroxylation is 1. The minimum Gasteiger partial charge on any atom is -0.306 e. The highest BCUT2D eigenvalue weighted by Crippen LogP contribution is 2.17. The maximum Gasteiger partial charge on any atom is 0.307 e. The lowest BCUT2D eigenvalue weighted by Crippen LogP contribution is -2.12. The number of carbonyl (C=O) groups is 1. The van der Waals surface area contributed by atoms with Crippen molar-refractivity contribution < 1.29 is 4.79 Å². The van der Waals surface area contributed by atoms with E-state index in [0.717, 1.165) is 17.0 Å². The maximum absolute atomic E-state index is 11.9. The predicted molar refractivity (Wildman–Crippen MR) is 69.1 cm³/mol. The number of carbonyl (C=O) groups excluding carboxylic acids is 1. The van der Waals surface area contributed by atoms with Gasteiger partial charge in [-0.3, -0.25) is 14.9 Å². The first kappa shape index (κ1) is 12.0. The molecule has 0 saturated carbocycles. The molecule has 0 aliphatic carbocycles. The van der Waals surface area contributed by atoms with Crippen LogP contribution in [-0.2, 0) is 7.05 Å². The van der Waals surface area contributed by atoms with Gasteiger partial charge in [0.1, 0.15) is 4.88 Å². The van der Waals surface area contributed by atoms with Crippen LogP contribution in [0.3, 0.4) is 0 Å². The van der Waals surface area contributed by atoms with E-state index in [1.165, 1.54) is 15.9 Å². The van der Waals surface area contributed by atoms with Gasteiger partial charge in [0, 0.05) is 18.1 Å². The van der Waals surface area contributed by atoms with Crippen molar-refractivity contribution >= 4 is 33.7 Å². The van der Waals surface area contributed by atoms with E-state index < -0.39 is 0 Å². The van der Waals surface area contributed by atoms with Gasteiger partial charge < -0.3 is 4.57 Å². The van der Waals surface area contributed by atoms with Crippen LogP contribution in [0.4, 0.5) is 5.13 Å². The van der Waals surface area contributed by atoms with Crippen LogP contribution >= 0.6 is 22.7 Å². The van der Waals surface area contributed by atoms with E-state index in [2.05, 4.69) is 10.3 Å². The fourth-order valence-corrected chi connectivity index (χ4v) is 2.85. The third-order valence-corrected chi connectivity index (χ3v) is 4.35. The molecule has 0 aliphatic rings. The van der Waals surface area contributed by atoms with Crippen LogP contribution in [0.5, 0.6) is 0 Å². The van der Waals surface area contributed by atoms with E-state index >= 15 is 0 Å². The van der Waals surface area contributed by atoms with Crippen molar-refractivity contribution in [3.63, 3.8) is 0 Å². The molecule has 0 unspecified atom stereocenters. The zero-order chi connectivity index (χ0) is 12.6. The number of aromatic nitrogens is 2. The highest BCUT2D eigenvalue weighted by Gasteiger charge is 2.16. The lowest BCUT2D eigenvalue weighted by Gasteiger charge is -2.00. The first-order valence-electron chi connectivity index (χ1n) is 4.89. The number of nitrogens with one attached hydrogen (secondary N) is 1. The maximum atomic E-state index is 11.9. The SMILES string of the molecule is Cc1csc(NC(=O)c2sc(=O)n(C)c2C)n1. The topological polar surface area (TPSA) is 64.0 Å². The molecular formula is C10H11N3O2S2. The van der Waals surface area contributed by atoms with Crippen LogP contribution in [-0.4, -0.2) is 15.5 Å². The third kappa shape index (κ3) is 2.29. The average molecular weight is 269 g/mol. The summed E-state index contributed by atoms with van der Waals surface area (Å²) < 4.78 is 1.46. The summed E-state index contributed by atoms with van der Waals surface area (Å²) in [5, 5.41) is 5.10. The Kier molecular flexibility index (Phi) is 3.12. The molecule has 0 bridgehead atoms. The molecule has 5 nitrogen and oxygen atoms in total. The molecule has 90 valence electrons. The van der Waals surface area contributed by atoms with Gasteiger partial charge in [-0.15, -0.1) is 11.3 Å². The largest absolute Gasteiger partial charge is 0.307 e. The predicted octanol–water partition coefficient (Wildman–Crippen LogP) is 1.77. The van der Waals surface area contributed by atoms with Crippen molar-refractivity contribution in [1.82, 2.24) is 9.55 Å². The van der Waals surface area contributed by atoms with Gasteiger partial charge in [0.15, 0.2) is 5.13 Å². The molecule has 17 heavy (non-hydrogen) atoms. The second kappa shape index (κ2) is 4.42. The molecule has 2 rings (SSSR count). The molecule has 1 N–H and O–H groups in total. The van der Waals surface area contributed by atoms with Gasteiger partial charge in [0.25, 0.3) is 5.91 Å². The highest BCUT2D eigenvalue weighted by molar-refractivity contribution is 7.14. The van der Waals surface area contributed by atoms with Crippen molar-refractivity contribution in [2.75, 3.05) is 5.32 Å². The minimum absolute atomic E-state index is 0.136. The first-order valence-corrected chi connectivity index (χ1v) is 6.58. The Labute approximate surface area is 106 Å². The molecule has 7 heteroatoms. The van der Waals surface area contributed by atoms with Crippen molar-refractivity contribution in [2.45, 2.75) is 13.8 Å². The molecule has 2 heterocycles. The molecule has 0 aromatic carbocycles. The minimum atomic E-state index is -0.278. The van der Waals surface area contributed by atoms with Gasteiger partial charge in [0.2, 0.25) is 0 Å².